The zero-order valence-corrected chi connectivity index (χ0v) is 13.1. The van der Waals surface area contributed by atoms with Crippen molar-refractivity contribution in [3.05, 3.63) is 68.9 Å². The van der Waals surface area contributed by atoms with Crippen LogP contribution in [-0.2, 0) is 11.8 Å². The van der Waals surface area contributed by atoms with E-state index in [0.717, 1.165) is 34.6 Å². The van der Waals surface area contributed by atoms with Gasteiger partial charge in [-0.05, 0) is 41.8 Å². The SMILES string of the molecule is Fc1ccc(CC2(c3cccc(Cl)c3)CNC2)c(Br)c1. The minimum Gasteiger partial charge on any atom is -0.315 e. The number of hydrogen-bond donors (Lipinski definition) is 1. The van der Waals surface area contributed by atoms with Crippen LogP contribution in [0, 0.1) is 5.82 Å². The molecule has 1 saturated heterocycles. The Morgan fingerprint density at radius 1 is 1.20 bits per heavy atom. The zero-order valence-electron chi connectivity index (χ0n) is 10.8. The normalized spacial score (nSPS) is 16.8. The standard InChI is InChI=1S/C16H14BrClFN/c17-15-7-14(19)5-4-11(15)8-16(9-20-10-16)12-2-1-3-13(18)6-12/h1-7,20H,8-10H2. The van der Waals surface area contributed by atoms with Crippen LogP contribution in [0.4, 0.5) is 4.39 Å². The van der Waals surface area contributed by atoms with E-state index in [1.54, 1.807) is 0 Å². The summed E-state index contributed by atoms with van der Waals surface area (Å²) in [6, 6.07) is 12.9. The van der Waals surface area contributed by atoms with Gasteiger partial charge in [0.25, 0.3) is 0 Å². The fourth-order valence-electron chi connectivity index (χ4n) is 2.71. The van der Waals surface area contributed by atoms with Gasteiger partial charge in [-0.15, -0.1) is 0 Å². The third kappa shape index (κ3) is 2.62. The molecular weight excluding hydrogens is 341 g/mol. The van der Waals surface area contributed by atoms with Gasteiger partial charge in [0.2, 0.25) is 0 Å². The summed E-state index contributed by atoms with van der Waals surface area (Å²) in [4.78, 5) is 0. The monoisotopic (exact) mass is 353 g/mol. The highest BCUT2D eigenvalue weighted by Gasteiger charge is 2.39. The van der Waals surface area contributed by atoms with Crippen LogP contribution >= 0.6 is 27.5 Å². The first-order valence-corrected chi connectivity index (χ1v) is 7.67. The maximum atomic E-state index is 13.2. The first-order valence-electron chi connectivity index (χ1n) is 6.50. The van der Waals surface area contributed by atoms with Crippen LogP contribution in [0.3, 0.4) is 0 Å². The molecule has 0 bridgehead atoms. The van der Waals surface area contributed by atoms with Crippen molar-refractivity contribution in [2.45, 2.75) is 11.8 Å². The maximum absolute atomic E-state index is 13.2. The average molecular weight is 355 g/mol. The zero-order chi connectivity index (χ0) is 14.2. The summed E-state index contributed by atoms with van der Waals surface area (Å²) in [5, 5.41) is 4.10. The Labute approximate surface area is 131 Å². The van der Waals surface area contributed by atoms with E-state index >= 15 is 0 Å². The van der Waals surface area contributed by atoms with Crippen molar-refractivity contribution >= 4 is 27.5 Å². The molecule has 2 aromatic carbocycles. The van der Waals surface area contributed by atoms with Crippen molar-refractivity contribution in [1.82, 2.24) is 5.32 Å². The lowest BCUT2D eigenvalue weighted by atomic mass is 9.71. The minimum absolute atomic E-state index is 0.0469. The van der Waals surface area contributed by atoms with Gasteiger partial charge < -0.3 is 5.32 Å². The smallest absolute Gasteiger partial charge is 0.124 e. The van der Waals surface area contributed by atoms with Crippen LogP contribution in [0.15, 0.2) is 46.9 Å². The van der Waals surface area contributed by atoms with Crippen LogP contribution < -0.4 is 5.32 Å². The van der Waals surface area contributed by atoms with Crippen LogP contribution in [0.1, 0.15) is 11.1 Å². The molecule has 1 aliphatic heterocycles. The van der Waals surface area contributed by atoms with Crippen molar-refractivity contribution < 1.29 is 4.39 Å². The molecule has 0 aromatic heterocycles. The van der Waals surface area contributed by atoms with Gasteiger partial charge in [-0.3, -0.25) is 0 Å². The van der Waals surface area contributed by atoms with Crippen molar-refractivity contribution in [3.8, 4) is 0 Å². The van der Waals surface area contributed by atoms with Gasteiger partial charge >= 0.3 is 0 Å². The van der Waals surface area contributed by atoms with E-state index in [-0.39, 0.29) is 11.2 Å². The summed E-state index contributed by atoms with van der Waals surface area (Å²) in [7, 11) is 0. The fraction of sp³-hybridized carbons (Fsp3) is 0.250. The highest BCUT2D eigenvalue weighted by Crippen LogP contribution is 2.35. The molecular formula is C16H14BrClFN. The van der Waals surface area contributed by atoms with Gasteiger partial charge in [0.1, 0.15) is 5.82 Å². The number of nitrogens with one attached hydrogen (secondary N) is 1. The molecule has 1 heterocycles. The molecule has 1 aliphatic rings. The first kappa shape index (κ1) is 14.1. The van der Waals surface area contributed by atoms with Gasteiger partial charge in [-0.25, -0.2) is 4.39 Å². The number of hydrogen-bond acceptors (Lipinski definition) is 1. The van der Waals surface area contributed by atoms with Gasteiger partial charge in [0.05, 0.1) is 0 Å². The van der Waals surface area contributed by atoms with E-state index in [0.29, 0.717) is 0 Å². The Balaban J connectivity index is 1.94. The van der Waals surface area contributed by atoms with Crippen LogP contribution in [0.5, 0.6) is 0 Å². The van der Waals surface area contributed by atoms with Gasteiger partial charge in [-0.1, -0.05) is 45.7 Å². The van der Waals surface area contributed by atoms with E-state index in [1.165, 1.54) is 17.7 Å². The molecule has 104 valence electrons. The Morgan fingerprint density at radius 2 is 2.00 bits per heavy atom. The summed E-state index contributed by atoms with van der Waals surface area (Å²) in [5.41, 5.74) is 2.40. The lowest BCUT2D eigenvalue weighted by molar-refractivity contribution is 0.274. The lowest BCUT2D eigenvalue weighted by Crippen LogP contribution is -2.58. The summed E-state index contributed by atoms with van der Waals surface area (Å²) in [5.74, 6) is -0.218. The summed E-state index contributed by atoms with van der Waals surface area (Å²) in [6.45, 7) is 1.83. The summed E-state index contributed by atoms with van der Waals surface area (Å²) < 4.78 is 14.0. The van der Waals surface area contributed by atoms with Crippen molar-refractivity contribution in [2.75, 3.05) is 13.1 Å². The molecule has 0 saturated carbocycles. The van der Waals surface area contributed by atoms with Crippen LogP contribution in [0.2, 0.25) is 5.02 Å². The molecule has 4 heteroatoms. The molecule has 0 radical (unpaired) electrons. The van der Waals surface area contributed by atoms with Gasteiger partial charge in [-0.2, -0.15) is 0 Å². The molecule has 20 heavy (non-hydrogen) atoms. The molecule has 3 rings (SSSR count). The van der Waals surface area contributed by atoms with Crippen LogP contribution in [0.25, 0.3) is 0 Å². The Morgan fingerprint density at radius 3 is 2.60 bits per heavy atom. The summed E-state index contributed by atoms with van der Waals surface area (Å²) in [6.07, 6.45) is 0.862. The second-order valence-corrected chi connectivity index (χ2v) is 6.60. The predicted octanol–water partition coefficient (Wildman–Crippen LogP) is 4.33. The van der Waals surface area contributed by atoms with E-state index in [1.807, 2.05) is 24.3 Å². The van der Waals surface area contributed by atoms with E-state index in [9.17, 15) is 4.39 Å². The Kier molecular flexibility index (Phi) is 3.85. The molecule has 0 aliphatic carbocycles. The number of halogens is 3. The first-order chi connectivity index (χ1) is 9.59. The van der Waals surface area contributed by atoms with E-state index < -0.39 is 0 Å². The van der Waals surface area contributed by atoms with Crippen LogP contribution in [-0.4, -0.2) is 13.1 Å². The largest absolute Gasteiger partial charge is 0.315 e. The Hall–Kier alpha value is -0.900. The average Bonchev–Trinajstić information content (AvgIpc) is 2.36. The molecule has 1 N–H and O–H groups in total. The molecule has 0 spiro atoms. The lowest BCUT2D eigenvalue weighted by Gasteiger charge is -2.43. The molecule has 1 fully saturated rings. The second-order valence-electron chi connectivity index (χ2n) is 5.31. The van der Waals surface area contributed by atoms with Gasteiger partial charge in [0, 0.05) is 28.0 Å². The number of benzene rings is 2. The molecule has 0 unspecified atom stereocenters. The predicted molar refractivity (Wildman–Crippen MR) is 83.8 cm³/mol. The molecule has 1 nitrogen and oxygen atoms in total. The molecule has 2 aromatic rings. The maximum Gasteiger partial charge on any atom is 0.124 e. The highest BCUT2D eigenvalue weighted by molar-refractivity contribution is 9.10. The highest BCUT2D eigenvalue weighted by atomic mass is 79.9. The van der Waals surface area contributed by atoms with E-state index in [2.05, 4.69) is 27.3 Å². The third-order valence-corrected chi connectivity index (χ3v) is 4.88. The topological polar surface area (TPSA) is 12.0 Å². The molecule has 0 atom stereocenters. The quantitative estimate of drug-likeness (QED) is 0.865. The molecule has 0 amide bonds. The summed E-state index contributed by atoms with van der Waals surface area (Å²) >= 11 is 9.56. The van der Waals surface area contributed by atoms with Crippen molar-refractivity contribution in [2.24, 2.45) is 0 Å². The van der Waals surface area contributed by atoms with Crippen molar-refractivity contribution in [3.63, 3.8) is 0 Å². The Bertz CT molecular complexity index is 640. The fourth-order valence-corrected chi connectivity index (χ4v) is 3.39. The number of rotatable bonds is 3. The van der Waals surface area contributed by atoms with Crippen molar-refractivity contribution in [1.29, 1.82) is 0 Å². The van der Waals surface area contributed by atoms with Gasteiger partial charge in [0.15, 0.2) is 0 Å². The second kappa shape index (κ2) is 5.47. The minimum atomic E-state index is -0.218. The van der Waals surface area contributed by atoms with E-state index in [4.69, 9.17) is 11.6 Å². The third-order valence-electron chi connectivity index (χ3n) is 3.91.